The van der Waals surface area contributed by atoms with Gasteiger partial charge in [-0.15, -0.1) is 0 Å². The molecule has 8 heteroatoms. The molecule has 0 spiro atoms. The molecule has 0 aromatic heterocycles. The van der Waals surface area contributed by atoms with Crippen molar-refractivity contribution in [1.29, 1.82) is 0 Å². The minimum atomic E-state index is -0.442. The molecule has 1 heterocycles. The molecule has 0 radical (unpaired) electrons. The van der Waals surface area contributed by atoms with Crippen LogP contribution in [0.2, 0.25) is 0 Å². The van der Waals surface area contributed by atoms with Gasteiger partial charge in [0.15, 0.2) is 0 Å². The van der Waals surface area contributed by atoms with Crippen LogP contribution >= 0.6 is 11.8 Å². The van der Waals surface area contributed by atoms with Crippen LogP contribution in [0.5, 0.6) is 5.75 Å². The highest BCUT2D eigenvalue weighted by atomic mass is 32.2. The molecule has 1 aliphatic rings. The third-order valence-electron chi connectivity index (χ3n) is 5.04. The van der Waals surface area contributed by atoms with Gasteiger partial charge in [-0.05, 0) is 54.1 Å². The highest BCUT2D eigenvalue weighted by molar-refractivity contribution is 8.18. The Morgan fingerprint density at radius 1 is 1.03 bits per heavy atom. The van der Waals surface area contributed by atoms with E-state index in [1.807, 2.05) is 31.2 Å². The first kappa shape index (κ1) is 22.3. The van der Waals surface area contributed by atoms with Crippen LogP contribution in [0.1, 0.15) is 22.3 Å². The van der Waals surface area contributed by atoms with Crippen molar-refractivity contribution >= 4 is 34.7 Å². The van der Waals surface area contributed by atoms with Crippen molar-refractivity contribution in [2.45, 2.75) is 20.1 Å². The van der Waals surface area contributed by atoms with E-state index in [-0.39, 0.29) is 30.0 Å². The fourth-order valence-electron chi connectivity index (χ4n) is 3.45. The number of ether oxygens (including phenoxy) is 1. The molecule has 0 saturated carbocycles. The first-order valence-electron chi connectivity index (χ1n) is 10.2. The molecule has 4 rings (SSSR count). The van der Waals surface area contributed by atoms with E-state index in [0.717, 1.165) is 22.9 Å². The van der Waals surface area contributed by atoms with Crippen LogP contribution in [0.3, 0.4) is 0 Å². The second-order valence-electron chi connectivity index (χ2n) is 7.50. The van der Waals surface area contributed by atoms with E-state index in [1.165, 1.54) is 11.0 Å². The van der Waals surface area contributed by atoms with Crippen molar-refractivity contribution in [2.24, 2.45) is 0 Å². The summed E-state index contributed by atoms with van der Waals surface area (Å²) in [5, 5.41) is 10.9. The van der Waals surface area contributed by atoms with Gasteiger partial charge in [-0.25, -0.2) is 0 Å². The smallest absolute Gasteiger partial charge is 0.293 e. The molecule has 0 N–H and O–H groups in total. The summed E-state index contributed by atoms with van der Waals surface area (Å²) >= 11 is 0.904. The number of nitro groups is 1. The van der Waals surface area contributed by atoms with Crippen molar-refractivity contribution in [3.05, 3.63) is 110 Å². The molecular formula is C25H20N2O5S. The Labute approximate surface area is 194 Å². The Morgan fingerprint density at radius 3 is 2.61 bits per heavy atom. The molecule has 3 aromatic carbocycles. The Kier molecular flexibility index (Phi) is 6.55. The van der Waals surface area contributed by atoms with Gasteiger partial charge in [-0.3, -0.25) is 24.6 Å². The number of carbonyl (C=O) groups is 2. The predicted molar refractivity (Wildman–Crippen MR) is 127 cm³/mol. The molecule has 1 aliphatic heterocycles. The molecule has 33 heavy (non-hydrogen) atoms. The van der Waals surface area contributed by atoms with Crippen LogP contribution in [0.4, 0.5) is 10.5 Å². The number of hydrogen-bond acceptors (Lipinski definition) is 6. The summed E-state index contributed by atoms with van der Waals surface area (Å²) < 4.78 is 5.74. The van der Waals surface area contributed by atoms with Crippen LogP contribution in [-0.2, 0) is 17.9 Å². The second kappa shape index (κ2) is 9.70. The number of imide groups is 1. The lowest BCUT2D eigenvalue weighted by Crippen LogP contribution is -2.27. The summed E-state index contributed by atoms with van der Waals surface area (Å²) in [5.41, 5.74) is 3.11. The highest BCUT2D eigenvalue weighted by Gasteiger charge is 2.35. The zero-order chi connectivity index (χ0) is 23.4. The van der Waals surface area contributed by atoms with Crippen molar-refractivity contribution in [3.8, 4) is 5.75 Å². The largest absolute Gasteiger partial charge is 0.489 e. The van der Waals surface area contributed by atoms with Gasteiger partial charge in [0.05, 0.1) is 21.9 Å². The predicted octanol–water partition coefficient (Wildman–Crippen LogP) is 5.72. The molecule has 0 unspecified atom stereocenters. The molecule has 0 atom stereocenters. The van der Waals surface area contributed by atoms with Crippen molar-refractivity contribution < 1.29 is 19.2 Å². The van der Waals surface area contributed by atoms with Crippen LogP contribution < -0.4 is 4.74 Å². The van der Waals surface area contributed by atoms with Crippen molar-refractivity contribution in [2.75, 3.05) is 0 Å². The number of amides is 2. The fourth-order valence-corrected chi connectivity index (χ4v) is 4.29. The van der Waals surface area contributed by atoms with E-state index in [1.54, 1.807) is 48.5 Å². The summed E-state index contributed by atoms with van der Waals surface area (Å²) in [5.74, 6) is 0.165. The first-order chi connectivity index (χ1) is 15.9. The number of para-hydroxylation sites is 1. The van der Waals surface area contributed by atoms with Gasteiger partial charge in [0.1, 0.15) is 12.4 Å². The van der Waals surface area contributed by atoms with Crippen molar-refractivity contribution in [1.82, 2.24) is 4.90 Å². The van der Waals surface area contributed by atoms with Gasteiger partial charge < -0.3 is 4.74 Å². The Bertz CT molecular complexity index is 1270. The summed E-state index contributed by atoms with van der Waals surface area (Å²) in [6.07, 6.45) is 1.65. The number of nitro benzene ring substituents is 1. The lowest BCUT2D eigenvalue weighted by atomic mass is 10.1. The Morgan fingerprint density at radius 2 is 1.82 bits per heavy atom. The summed E-state index contributed by atoms with van der Waals surface area (Å²) in [7, 11) is 0. The first-order valence-corrected chi connectivity index (χ1v) is 11.0. The number of benzene rings is 3. The number of thioether (sulfide) groups is 1. The van der Waals surface area contributed by atoms with E-state index in [2.05, 4.69) is 0 Å². The molecule has 166 valence electrons. The summed E-state index contributed by atoms with van der Waals surface area (Å²) in [6.45, 7) is 2.22. The van der Waals surface area contributed by atoms with Gasteiger partial charge in [0, 0.05) is 6.07 Å². The molecule has 2 amide bonds. The van der Waals surface area contributed by atoms with Gasteiger partial charge >= 0.3 is 0 Å². The third kappa shape index (κ3) is 5.30. The third-order valence-corrected chi connectivity index (χ3v) is 5.94. The van der Waals surface area contributed by atoms with E-state index >= 15 is 0 Å². The average Bonchev–Trinajstić information content (AvgIpc) is 3.05. The molecule has 1 fully saturated rings. The van der Waals surface area contributed by atoms with Gasteiger partial charge in [0.2, 0.25) is 0 Å². The second-order valence-corrected chi connectivity index (χ2v) is 8.50. The van der Waals surface area contributed by atoms with E-state index in [0.29, 0.717) is 21.8 Å². The molecular weight excluding hydrogens is 440 g/mol. The zero-order valence-corrected chi connectivity index (χ0v) is 18.6. The minimum Gasteiger partial charge on any atom is -0.489 e. The monoisotopic (exact) mass is 460 g/mol. The number of rotatable bonds is 7. The maximum atomic E-state index is 12.8. The van der Waals surface area contributed by atoms with Crippen molar-refractivity contribution in [3.63, 3.8) is 0 Å². The highest BCUT2D eigenvalue weighted by Crippen LogP contribution is 2.34. The van der Waals surface area contributed by atoms with Crippen LogP contribution in [0.25, 0.3) is 6.08 Å². The topological polar surface area (TPSA) is 89.8 Å². The molecule has 0 aliphatic carbocycles. The summed E-state index contributed by atoms with van der Waals surface area (Å²) in [6, 6.07) is 21.1. The standard InChI is InChI=1S/C25H20N2O5S/c1-17-6-4-8-19(12-17)15-26-24(28)23(33-25(26)29)14-18-7-5-10-21(13-18)32-16-20-9-2-3-11-22(20)27(30)31/h2-14H,15-16H2,1H3/b23-14-. The molecule has 3 aromatic rings. The number of carbonyl (C=O) groups excluding carboxylic acids is 2. The van der Waals surface area contributed by atoms with Crippen LogP contribution in [-0.4, -0.2) is 21.0 Å². The SMILES string of the molecule is Cc1cccc(CN2C(=O)S/C(=C\c3cccc(OCc4ccccc4[N+](=O)[O-])c3)C2=O)c1. The zero-order valence-electron chi connectivity index (χ0n) is 17.8. The molecule has 7 nitrogen and oxygen atoms in total. The Hall–Kier alpha value is -3.91. The van der Waals surface area contributed by atoms with Crippen LogP contribution in [0, 0.1) is 17.0 Å². The maximum absolute atomic E-state index is 12.8. The Balaban J connectivity index is 1.47. The number of hydrogen-bond donors (Lipinski definition) is 0. The maximum Gasteiger partial charge on any atom is 0.293 e. The van der Waals surface area contributed by atoms with Gasteiger partial charge in [0.25, 0.3) is 16.8 Å². The number of aryl methyl sites for hydroxylation is 1. The van der Waals surface area contributed by atoms with E-state index in [4.69, 9.17) is 4.74 Å². The van der Waals surface area contributed by atoms with E-state index < -0.39 is 4.92 Å². The quantitative estimate of drug-likeness (QED) is 0.255. The van der Waals surface area contributed by atoms with E-state index in [9.17, 15) is 19.7 Å². The number of nitrogens with zero attached hydrogens (tertiary/aromatic N) is 2. The summed E-state index contributed by atoms with van der Waals surface area (Å²) in [4.78, 5) is 37.6. The minimum absolute atomic E-state index is 0.00376. The fraction of sp³-hybridized carbons (Fsp3) is 0.120. The van der Waals surface area contributed by atoms with Gasteiger partial charge in [-0.2, -0.15) is 0 Å². The van der Waals surface area contributed by atoms with Gasteiger partial charge in [-0.1, -0.05) is 54.1 Å². The molecule has 0 bridgehead atoms. The lowest BCUT2D eigenvalue weighted by Gasteiger charge is -2.12. The molecule has 1 saturated heterocycles. The average molecular weight is 461 g/mol. The van der Waals surface area contributed by atoms with Crippen LogP contribution in [0.15, 0.2) is 77.7 Å². The lowest BCUT2D eigenvalue weighted by molar-refractivity contribution is -0.385. The normalized spacial score (nSPS) is 14.7.